The molecule has 2 aromatic rings. The Bertz CT molecular complexity index is 1710. The Balaban J connectivity index is 1.25. The van der Waals surface area contributed by atoms with Crippen LogP contribution in [0.1, 0.15) is 29.2 Å². The van der Waals surface area contributed by atoms with Crippen LogP contribution in [0.4, 0.5) is 0 Å². The first-order chi connectivity index (χ1) is 15.5. The summed E-state index contributed by atoms with van der Waals surface area (Å²) in [5, 5.41) is 3.54. The van der Waals surface area contributed by atoms with Gasteiger partial charge in [-0.1, -0.05) is 0 Å². The summed E-state index contributed by atoms with van der Waals surface area (Å²) in [6, 6.07) is 16.2. The Labute approximate surface area is 189 Å². The van der Waals surface area contributed by atoms with E-state index in [1.807, 2.05) is 0 Å². The molecule has 3 heteroatoms. The molecule has 174 valence electrons. The molecule has 0 bridgehead atoms. The van der Waals surface area contributed by atoms with E-state index in [9.17, 15) is 0 Å². The second-order valence-electron chi connectivity index (χ2n) is 16.4. The van der Waals surface area contributed by atoms with Crippen molar-refractivity contribution in [3.63, 3.8) is 0 Å². The fourth-order valence-corrected chi connectivity index (χ4v) is 114. The second kappa shape index (κ2) is 2.25. The van der Waals surface area contributed by atoms with Crippen LogP contribution < -0.4 is 10.6 Å². The SMILES string of the molecule is Cc1cc(C)cc(P(c2cc(C)cc(C)c2)[C]23[CH]4[CH]5[CH]6[C@]2(C(C)N(C)C)[Fe]54632789[CH]3[CH]2[CH]7[CH]8[CH]39)c1. The molecular formula is C30H36FeNP. The third-order valence-electron chi connectivity index (χ3n) is 19.5. The first kappa shape index (κ1) is 16.9. The molecule has 1 nitrogen and oxygen atoms in total. The molecule has 2 aromatic carbocycles. The second-order valence-corrected chi connectivity index (χ2v) is 42.5. The minimum atomic E-state index is -3.59. The van der Waals surface area contributed by atoms with Crippen molar-refractivity contribution in [3.05, 3.63) is 58.7 Å². The molecule has 10 heterocycles. The van der Waals surface area contributed by atoms with Gasteiger partial charge in [0.2, 0.25) is 0 Å². The molecule has 10 fully saturated rings. The molecule has 33 heavy (non-hydrogen) atoms. The zero-order valence-electron chi connectivity index (χ0n) is 20.9. The Kier molecular flexibility index (Phi) is 1.15. The maximum absolute atomic E-state index is 3.59. The fraction of sp³-hybridized carbons (Fsp3) is 0.600. The number of rotatable bonds is 5. The van der Waals surface area contributed by atoms with Crippen molar-refractivity contribution in [3.8, 4) is 0 Å². The molecule has 10 saturated heterocycles. The summed E-state index contributed by atoms with van der Waals surface area (Å²) in [6.45, 7) is 8.51. The zero-order valence-corrected chi connectivity index (χ0v) is 22.9. The number of fused-ring (bicyclic) bond motifs is 10. The van der Waals surface area contributed by atoms with Gasteiger partial charge in [0.05, 0.1) is 0 Å². The third kappa shape index (κ3) is 0.359. The molecule has 0 radical (unpaired) electrons. The van der Waals surface area contributed by atoms with Crippen LogP contribution in [0.2, 0.25) is 42.8 Å². The molecule has 0 saturated carbocycles. The van der Waals surface area contributed by atoms with Crippen molar-refractivity contribution >= 4 is 18.5 Å². The Hall–Kier alpha value is -0.651. The van der Waals surface area contributed by atoms with Crippen LogP contribution in [-0.4, -0.2) is 29.1 Å². The number of aryl methyl sites for hydroxylation is 4. The topological polar surface area (TPSA) is 3.24 Å². The summed E-state index contributed by atoms with van der Waals surface area (Å²) in [4.78, 5) is 13.4. The number of hydrogen-bond donors (Lipinski definition) is 0. The first-order valence-electron chi connectivity index (χ1n) is 13.3. The number of benzene rings is 2. The van der Waals surface area contributed by atoms with Crippen LogP contribution >= 0.6 is 7.92 Å². The first-order valence-corrected chi connectivity index (χ1v) is 20.8. The van der Waals surface area contributed by atoms with Gasteiger partial charge in [-0.3, -0.25) is 0 Å². The fourth-order valence-electron chi connectivity index (χ4n) is 21.5. The van der Waals surface area contributed by atoms with Crippen molar-refractivity contribution in [2.24, 2.45) is 0 Å². The summed E-state index contributed by atoms with van der Waals surface area (Å²) >= 11 is 0. The van der Waals surface area contributed by atoms with Gasteiger partial charge in [-0.05, 0) is 0 Å². The Morgan fingerprint density at radius 3 is 1.45 bits per heavy atom. The average Bonchev–Trinajstić information content (AvgIpc) is 3.66. The van der Waals surface area contributed by atoms with Gasteiger partial charge in [0.25, 0.3) is 0 Å². The molecule has 0 aliphatic carbocycles. The maximum atomic E-state index is 2.71. The molecule has 5 unspecified atom stereocenters. The van der Waals surface area contributed by atoms with Gasteiger partial charge in [-0.15, -0.1) is 0 Å². The van der Waals surface area contributed by atoms with Crippen LogP contribution in [0.25, 0.3) is 0 Å². The Morgan fingerprint density at radius 2 is 1.12 bits per heavy atom. The van der Waals surface area contributed by atoms with E-state index in [0.29, 0.717) is 0 Å². The van der Waals surface area contributed by atoms with Crippen molar-refractivity contribution in [2.75, 3.05) is 14.1 Å². The van der Waals surface area contributed by atoms with Crippen molar-refractivity contribution in [2.45, 2.75) is 87.6 Å². The molecule has 1 spiro atoms. The predicted molar refractivity (Wildman–Crippen MR) is 137 cm³/mol. The molecule has 0 amide bonds. The van der Waals surface area contributed by atoms with E-state index in [1.54, 1.807) is 10.6 Å². The molecule has 6 atom stereocenters. The van der Waals surface area contributed by atoms with Gasteiger partial charge in [0.1, 0.15) is 0 Å². The van der Waals surface area contributed by atoms with Gasteiger partial charge < -0.3 is 0 Å². The predicted octanol–water partition coefficient (Wildman–Crippen LogP) is 6.97. The standard InChI is InChI=1S/C25H31NP.C5H5.Fe/c1-17-11-18(2)14-22(13-17)27(23-15-19(3)12-20(4)16-23)25-10-8-9-24(25)21(5)26(6)7;1-2-4-5-3-1;/h8-16,21H,1-7H3;1-5H;. The quantitative estimate of drug-likeness (QED) is 0.319. The van der Waals surface area contributed by atoms with Gasteiger partial charge in [0.15, 0.2) is 0 Å². The van der Waals surface area contributed by atoms with E-state index < -0.39 is 6.51 Å². The third-order valence-corrected chi connectivity index (χ3v) is 69.6. The summed E-state index contributed by atoms with van der Waals surface area (Å²) in [5.41, 5.74) is 5.96. The van der Waals surface area contributed by atoms with Gasteiger partial charge in [-0.25, -0.2) is 0 Å². The van der Waals surface area contributed by atoms with Crippen molar-refractivity contribution < 1.29 is 6.51 Å². The summed E-state index contributed by atoms with van der Waals surface area (Å²) in [6.07, 6.45) is 0. The van der Waals surface area contributed by atoms with Gasteiger partial charge >= 0.3 is 190 Å². The Morgan fingerprint density at radius 1 is 0.697 bits per heavy atom. The minimum absolute atomic E-state index is 0.266. The molecule has 10 aliphatic heterocycles. The monoisotopic (exact) mass is 497 g/mol. The zero-order chi connectivity index (χ0) is 22.4. The molecule has 0 aromatic heterocycles. The summed E-state index contributed by atoms with van der Waals surface area (Å²) < 4.78 is 1.64. The summed E-state index contributed by atoms with van der Waals surface area (Å²) in [5.74, 6) is 0. The average molecular weight is 497 g/mol. The van der Waals surface area contributed by atoms with Gasteiger partial charge in [-0.2, -0.15) is 0 Å². The van der Waals surface area contributed by atoms with Crippen LogP contribution in [0.5, 0.6) is 0 Å². The van der Waals surface area contributed by atoms with Crippen molar-refractivity contribution in [1.82, 2.24) is 4.90 Å². The van der Waals surface area contributed by atoms with E-state index >= 15 is 0 Å². The van der Waals surface area contributed by atoms with E-state index in [4.69, 9.17) is 0 Å². The molecule has 10 aliphatic rings. The molecular weight excluding hydrogens is 461 g/mol. The van der Waals surface area contributed by atoms with E-state index in [0.717, 1.165) is 14.4 Å². The number of hydrogen-bond acceptors (Lipinski definition) is 1. The normalized spacial score (nSPS) is 70.7. The van der Waals surface area contributed by atoms with E-state index in [1.165, 1.54) is 60.8 Å². The van der Waals surface area contributed by atoms with E-state index in [-0.39, 0.29) is 7.92 Å². The number of nitrogens with zero attached hydrogens (tertiary/aromatic N) is 1. The van der Waals surface area contributed by atoms with Crippen molar-refractivity contribution in [1.29, 1.82) is 0 Å². The van der Waals surface area contributed by atoms with Crippen LogP contribution in [0.3, 0.4) is 0 Å². The van der Waals surface area contributed by atoms with Crippen LogP contribution in [0.15, 0.2) is 36.4 Å². The van der Waals surface area contributed by atoms with Crippen LogP contribution in [0, 0.1) is 27.7 Å². The molecule has 0 N–H and O–H groups in total. The van der Waals surface area contributed by atoms with Crippen LogP contribution in [-0.2, 0) is 6.51 Å². The summed E-state index contributed by atoms with van der Waals surface area (Å²) in [7, 11) is 4.60. The van der Waals surface area contributed by atoms with Gasteiger partial charge in [0, 0.05) is 0 Å². The van der Waals surface area contributed by atoms with E-state index in [2.05, 4.69) is 90.0 Å². The molecule has 12 rings (SSSR count).